The van der Waals surface area contributed by atoms with E-state index in [0.29, 0.717) is 25.0 Å². The summed E-state index contributed by atoms with van der Waals surface area (Å²) in [7, 11) is -2.96. The van der Waals surface area contributed by atoms with E-state index in [1.54, 1.807) is 6.92 Å². The summed E-state index contributed by atoms with van der Waals surface area (Å²) in [5, 5.41) is 15.2. The van der Waals surface area contributed by atoms with Gasteiger partial charge in [-0.15, -0.1) is 24.0 Å². The van der Waals surface area contributed by atoms with E-state index in [4.69, 9.17) is 5.11 Å². The molecule has 0 aromatic rings. The minimum absolute atomic E-state index is 0. The number of hydrogen-bond donors (Lipinski definition) is 3. The van der Waals surface area contributed by atoms with Gasteiger partial charge in [0.15, 0.2) is 15.8 Å². The second-order valence-corrected chi connectivity index (χ2v) is 7.52. The molecular weight excluding hydrogens is 417 g/mol. The van der Waals surface area contributed by atoms with Gasteiger partial charge in [-0.3, -0.25) is 4.99 Å². The summed E-state index contributed by atoms with van der Waals surface area (Å²) >= 11 is 0. The van der Waals surface area contributed by atoms with E-state index in [0.717, 1.165) is 25.8 Å². The van der Waals surface area contributed by atoms with Gasteiger partial charge < -0.3 is 15.7 Å². The van der Waals surface area contributed by atoms with Crippen molar-refractivity contribution < 1.29 is 13.5 Å². The van der Waals surface area contributed by atoms with Crippen LogP contribution in [0.15, 0.2) is 4.99 Å². The highest BCUT2D eigenvalue weighted by atomic mass is 127. The average molecular weight is 449 g/mol. The molecule has 0 aliphatic rings. The van der Waals surface area contributed by atoms with Crippen LogP contribution in [0.2, 0.25) is 0 Å². The Labute approximate surface area is 152 Å². The Morgan fingerprint density at radius 3 is 2.36 bits per heavy atom. The Balaban J connectivity index is 0. The van der Waals surface area contributed by atoms with Gasteiger partial charge in [0, 0.05) is 32.0 Å². The van der Waals surface area contributed by atoms with E-state index >= 15 is 0 Å². The number of sulfone groups is 1. The van der Waals surface area contributed by atoms with Crippen molar-refractivity contribution in [2.75, 3.05) is 37.7 Å². The Hall–Kier alpha value is -0.0900. The Kier molecular flexibility index (Phi) is 15.9. The van der Waals surface area contributed by atoms with Crippen molar-refractivity contribution >= 4 is 39.8 Å². The molecule has 0 radical (unpaired) electrons. The second kappa shape index (κ2) is 14.5. The van der Waals surface area contributed by atoms with Crippen molar-refractivity contribution in [2.45, 2.75) is 40.0 Å². The molecule has 1 atom stereocenters. The third kappa shape index (κ3) is 12.5. The molecule has 0 aromatic heterocycles. The molecule has 0 fully saturated rings. The first-order valence-electron chi connectivity index (χ1n) is 7.82. The maximum absolute atomic E-state index is 11.4. The van der Waals surface area contributed by atoms with E-state index in [1.807, 2.05) is 6.92 Å². The average Bonchev–Trinajstić information content (AvgIpc) is 2.45. The van der Waals surface area contributed by atoms with Gasteiger partial charge in [-0.2, -0.15) is 0 Å². The van der Waals surface area contributed by atoms with Crippen LogP contribution in [0.3, 0.4) is 0 Å². The zero-order valence-electron chi connectivity index (χ0n) is 14.0. The van der Waals surface area contributed by atoms with E-state index in [1.165, 1.54) is 0 Å². The van der Waals surface area contributed by atoms with E-state index in [2.05, 4.69) is 22.5 Å². The molecule has 1 unspecified atom stereocenters. The number of aliphatic hydroxyl groups excluding tert-OH is 1. The summed E-state index contributed by atoms with van der Waals surface area (Å²) < 4.78 is 22.9. The van der Waals surface area contributed by atoms with Crippen LogP contribution in [0.25, 0.3) is 0 Å². The molecule has 0 amide bonds. The summed E-state index contributed by atoms with van der Waals surface area (Å²) in [6, 6.07) is 0. The fourth-order valence-electron chi connectivity index (χ4n) is 1.95. The molecule has 6 nitrogen and oxygen atoms in total. The number of hydrogen-bond acceptors (Lipinski definition) is 4. The van der Waals surface area contributed by atoms with Crippen molar-refractivity contribution in [3.63, 3.8) is 0 Å². The molecule has 0 saturated carbocycles. The maximum atomic E-state index is 11.4. The summed E-state index contributed by atoms with van der Waals surface area (Å²) in [6.07, 6.45) is 2.85. The highest BCUT2D eigenvalue weighted by Crippen LogP contribution is 2.10. The monoisotopic (exact) mass is 449 g/mol. The van der Waals surface area contributed by atoms with Crippen LogP contribution in [0.4, 0.5) is 0 Å². The number of aliphatic hydroxyl groups is 1. The number of nitrogens with zero attached hydrogens (tertiary/aromatic N) is 1. The van der Waals surface area contributed by atoms with Crippen molar-refractivity contribution in [2.24, 2.45) is 10.9 Å². The van der Waals surface area contributed by atoms with Crippen LogP contribution in [-0.2, 0) is 9.84 Å². The van der Waals surface area contributed by atoms with Crippen LogP contribution in [0.5, 0.6) is 0 Å². The zero-order chi connectivity index (χ0) is 16.1. The number of aliphatic imine (C=N–C) groups is 1. The smallest absolute Gasteiger partial charge is 0.191 e. The van der Waals surface area contributed by atoms with Crippen LogP contribution >= 0.6 is 24.0 Å². The molecule has 3 N–H and O–H groups in total. The molecule has 8 heteroatoms. The van der Waals surface area contributed by atoms with Crippen LogP contribution in [0.1, 0.15) is 40.0 Å². The van der Waals surface area contributed by atoms with E-state index in [9.17, 15) is 8.42 Å². The second-order valence-electron chi connectivity index (χ2n) is 5.05. The largest absolute Gasteiger partial charge is 0.396 e. The molecule has 0 aliphatic heterocycles. The minimum Gasteiger partial charge on any atom is -0.396 e. The fraction of sp³-hybridized carbons (Fsp3) is 0.929. The zero-order valence-corrected chi connectivity index (χ0v) is 17.1. The Bertz CT molecular complexity index is 383. The molecule has 22 heavy (non-hydrogen) atoms. The van der Waals surface area contributed by atoms with Crippen LogP contribution in [0, 0.1) is 5.92 Å². The Morgan fingerprint density at radius 2 is 1.86 bits per heavy atom. The first-order chi connectivity index (χ1) is 9.99. The van der Waals surface area contributed by atoms with Crippen molar-refractivity contribution in [1.82, 2.24) is 10.6 Å². The van der Waals surface area contributed by atoms with Crippen molar-refractivity contribution in [3.05, 3.63) is 0 Å². The predicted molar refractivity (Wildman–Crippen MR) is 104 cm³/mol. The van der Waals surface area contributed by atoms with Crippen molar-refractivity contribution in [3.8, 4) is 0 Å². The molecule has 0 rings (SSSR count). The first kappa shape index (κ1) is 24.2. The predicted octanol–water partition coefficient (Wildman–Crippen LogP) is 1.39. The highest BCUT2D eigenvalue weighted by Gasteiger charge is 2.09. The molecule has 0 bridgehead atoms. The Morgan fingerprint density at radius 1 is 1.18 bits per heavy atom. The number of nitrogens with one attached hydrogen (secondary N) is 2. The van der Waals surface area contributed by atoms with Crippen LogP contribution < -0.4 is 10.6 Å². The molecule has 134 valence electrons. The van der Waals surface area contributed by atoms with Gasteiger partial charge >= 0.3 is 0 Å². The van der Waals surface area contributed by atoms with Gasteiger partial charge in [0.1, 0.15) is 0 Å². The molecule has 0 spiro atoms. The lowest BCUT2D eigenvalue weighted by Crippen LogP contribution is -2.40. The standard InChI is InChI=1S/C14H31N3O3S.HI/c1-4-7-13(8-10-18)12-17-14(15-5-2)16-9-11-21(19,20)6-3;/h13,18H,4-12H2,1-3H3,(H2,15,16,17);1H. The first-order valence-corrected chi connectivity index (χ1v) is 9.64. The SMILES string of the molecule is CCCC(CCO)CN=C(NCC)NCCS(=O)(=O)CC.I. The quantitative estimate of drug-likeness (QED) is 0.252. The lowest BCUT2D eigenvalue weighted by Gasteiger charge is -2.15. The summed E-state index contributed by atoms with van der Waals surface area (Å²) in [5.41, 5.74) is 0. The molecule has 0 aliphatic carbocycles. The minimum atomic E-state index is -2.96. The molecule has 0 aromatic carbocycles. The number of rotatable bonds is 11. The lowest BCUT2D eigenvalue weighted by molar-refractivity contribution is 0.253. The lowest BCUT2D eigenvalue weighted by atomic mass is 10.0. The topological polar surface area (TPSA) is 90.8 Å². The number of guanidine groups is 1. The summed E-state index contributed by atoms with van der Waals surface area (Å²) in [6.45, 7) is 7.65. The van der Waals surface area contributed by atoms with Gasteiger partial charge in [-0.1, -0.05) is 20.3 Å². The normalized spacial score (nSPS) is 13.4. The maximum Gasteiger partial charge on any atom is 0.191 e. The highest BCUT2D eigenvalue weighted by molar-refractivity contribution is 14.0. The van der Waals surface area contributed by atoms with Gasteiger partial charge in [-0.05, 0) is 25.7 Å². The van der Waals surface area contributed by atoms with Gasteiger partial charge in [0.25, 0.3) is 0 Å². The van der Waals surface area contributed by atoms with E-state index < -0.39 is 9.84 Å². The van der Waals surface area contributed by atoms with Gasteiger partial charge in [0.05, 0.1) is 5.75 Å². The van der Waals surface area contributed by atoms with Crippen LogP contribution in [-0.4, -0.2) is 57.2 Å². The summed E-state index contributed by atoms with van der Waals surface area (Å²) in [4.78, 5) is 4.48. The summed E-state index contributed by atoms with van der Waals surface area (Å²) in [5.74, 6) is 1.29. The third-order valence-corrected chi connectivity index (χ3v) is 4.94. The third-order valence-electron chi connectivity index (χ3n) is 3.23. The molecule has 0 saturated heterocycles. The van der Waals surface area contributed by atoms with E-state index in [-0.39, 0.29) is 42.1 Å². The van der Waals surface area contributed by atoms with Crippen molar-refractivity contribution in [1.29, 1.82) is 0 Å². The molecule has 0 heterocycles. The van der Waals surface area contributed by atoms with Gasteiger partial charge in [-0.25, -0.2) is 8.42 Å². The number of halogens is 1. The molecular formula is C14H32IN3O3S. The fourth-order valence-corrected chi connectivity index (χ4v) is 2.65. The van der Waals surface area contributed by atoms with Gasteiger partial charge in [0.2, 0.25) is 0 Å².